The Hall–Kier alpha value is -1.02. The topological polar surface area (TPSA) is 29.1 Å². The van der Waals surface area contributed by atoms with Gasteiger partial charge in [-0.25, -0.2) is 0 Å². The van der Waals surface area contributed by atoms with Crippen molar-refractivity contribution in [2.24, 2.45) is 0 Å². The number of hydrogen-bond donors (Lipinski definition) is 1. The van der Waals surface area contributed by atoms with E-state index in [0.29, 0.717) is 16.6 Å². The number of benzene rings is 1. The molecule has 1 radical (unpaired) electrons. The first-order valence-corrected chi connectivity index (χ1v) is 4.62. The molecule has 0 saturated heterocycles. The van der Waals surface area contributed by atoms with Crippen LogP contribution in [0.4, 0.5) is 0 Å². The summed E-state index contributed by atoms with van der Waals surface area (Å²) in [5, 5.41) is 3.26. The van der Waals surface area contributed by atoms with Gasteiger partial charge in [-0.05, 0) is 18.9 Å². The Morgan fingerprint density at radius 3 is 3.00 bits per heavy atom. The van der Waals surface area contributed by atoms with E-state index in [2.05, 4.69) is 11.4 Å². The van der Waals surface area contributed by atoms with E-state index in [1.165, 1.54) is 0 Å². The van der Waals surface area contributed by atoms with Crippen molar-refractivity contribution in [2.75, 3.05) is 0 Å². The zero-order valence-electron chi connectivity index (χ0n) is 7.01. The fourth-order valence-electron chi connectivity index (χ4n) is 1.08. The molecule has 0 heterocycles. The maximum absolute atomic E-state index is 11.5. The minimum absolute atomic E-state index is 0.0932. The molecule has 1 saturated carbocycles. The number of carbonyl (C=O) groups excluding carboxylic acids is 1. The third-order valence-electron chi connectivity index (χ3n) is 1.96. The van der Waals surface area contributed by atoms with Gasteiger partial charge in [0.2, 0.25) is 0 Å². The molecule has 3 heteroatoms. The summed E-state index contributed by atoms with van der Waals surface area (Å²) < 4.78 is 0. The van der Waals surface area contributed by atoms with Gasteiger partial charge in [-0.2, -0.15) is 0 Å². The first kappa shape index (κ1) is 8.57. The molecule has 0 atom stereocenters. The Labute approximate surface area is 81.9 Å². The summed E-state index contributed by atoms with van der Waals surface area (Å²) >= 11 is 5.81. The molecule has 1 fully saturated rings. The molecule has 1 N–H and O–H groups in total. The maximum Gasteiger partial charge on any atom is 0.253 e. The van der Waals surface area contributed by atoms with Crippen molar-refractivity contribution in [3.63, 3.8) is 0 Å². The summed E-state index contributed by atoms with van der Waals surface area (Å²) in [4.78, 5) is 11.5. The first-order chi connectivity index (χ1) is 6.27. The van der Waals surface area contributed by atoms with Crippen LogP contribution in [0.2, 0.25) is 5.02 Å². The number of hydrogen-bond acceptors (Lipinski definition) is 1. The van der Waals surface area contributed by atoms with E-state index in [1.54, 1.807) is 18.2 Å². The molecule has 1 amide bonds. The van der Waals surface area contributed by atoms with Gasteiger partial charge in [0, 0.05) is 12.1 Å². The first-order valence-electron chi connectivity index (χ1n) is 4.24. The molecule has 67 valence electrons. The lowest BCUT2D eigenvalue weighted by Crippen LogP contribution is -2.25. The predicted octanol–water partition coefficient (Wildman–Crippen LogP) is 2.03. The van der Waals surface area contributed by atoms with Crippen molar-refractivity contribution in [2.45, 2.75) is 18.9 Å². The van der Waals surface area contributed by atoms with Gasteiger partial charge in [0.05, 0.1) is 10.6 Å². The van der Waals surface area contributed by atoms with Crippen molar-refractivity contribution in [3.05, 3.63) is 34.9 Å². The molecule has 13 heavy (non-hydrogen) atoms. The van der Waals surface area contributed by atoms with Gasteiger partial charge in [0.1, 0.15) is 0 Å². The Morgan fingerprint density at radius 2 is 2.38 bits per heavy atom. The summed E-state index contributed by atoms with van der Waals surface area (Å²) in [6, 6.07) is 8.30. The highest BCUT2D eigenvalue weighted by molar-refractivity contribution is 6.33. The molecule has 0 bridgehead atoms. The maximum atomic E-state index is 11.5. The van der Waals surface area contributed by atoms with Crippen LogP contribution in [0.5, 0.6) is 0 Å². The lowest BCUT2D eigenvalue weighted by atomic mass is 10.2. The summed E-state index contributed by atoms with van der Waals surface area (Å²) in [6.45, 7) is 0. The highest BCUT2D eigenvalue weighted by atomic mass is 35.5. The van der Waals surface area contributed by atoms with Gasteiger partial charge in [0.15, 0.2) is 0 Å². The number of carbonyl (C=O) groups is 1. The van der Waals surface area contributed by atoms with Crippen molar-refractivity contribution in [1.82, 2.24) is 5.32 Å². The lowest BCUT2D eigenvalue weighted by molar-refractivity contribution is 0.0951. The molecule has 2 rings (SSSR count). The molecule has 0 spiro atoms. The molecule has 0 aromatic heterocycles. The van der Waals surface area contributed by atoms with Crippen LogP contribution in [0.3, 0.4) is 0 Å². The van der Waals surface area contributed by atoms with Crippen LogP contribution in [0, 0.1) is 6.07 Å². The largest absolute Gasteiger partial charge is 0.349 e. The molecule has 1 aliphatic carbocycles. The molecular formula is C10H9ClNO. The van der Waals surface area contributed by atoms with E-state index in [-0.39, 0.29) is 5.91 Å². The normalized spacial score (nSPS) is 15.5. The lowest BCUT2D eigenvalue weighted by Gasteiger charge is -2.03. The average molecular weight is 195 g/mol. The van der Waals surface area contributed by atoms with Crippen LogP contribution >= 0.6 is 11.6 Å². The quantitative estimate of drug-likeness (QED) is 0.767. The molecule has 2 nitrogen and oxygen atoms in total. The smallest absolute Gasteiger partial charge is 0.253 e. The van der Waals surface area contributed by atoms with E-state index < -0.39 is 0 Å². The minimum Gasteiger partial charge on any atom is -0.349 e. The van der Waals surface area contributed by atoms with Crippen LogP contribution in [-0.4, -0.2) is 11.9 Å². The van der Waals surface area contributed by atoms with Gasteiger partial charge in [-0.3, -0.25) is 4.79 Å². The molecule has 0 aliphatic heterocycles. The minimum atomic E-state index is -0.0932. The van der Waals surface area contributed by atoms with Crippen molar-refractivity contribution >= 4 is 17.5 Å². The highest BCUT2D eigenvalue weighted by Crippen LogP contribution is 2.21. The monoisotopic (exact) mass is 194 g/mol. The summed E-state index contributed by atoms with van der Waals surface area (Å²) in [5.41, 5.74) is 0.510. The van der Waals surface area contributed by atoms with Crippen LogP contribution in [0.15, 0.2) is 18.2 Å². The van der Waals surface area contributed by atoms with Gasteiger partial charge in [-0.15, -0.1) is 0 Å². The zero-order valence-corrected chi connectivity index (χ0v) is 7.77. The second-order valence-electron chi connectivity index (χ2n) is 3.15. The summed E-state index contributed by atoms with van der Waals surface area (Å²) in [7, 11) is 0. The van der Waals surface area contributed by atoms with E-state index in [4.69, 9.17) is 11.6 Å². The Balaban J connectivity index is 2.13. The average Bonchev–Trinajstić information content (AvgIpc) is 2.89. The number of nitrogens with one attached hydrogen (secondary N) is 1. The second kappa shape index (κ2) is 3.38. The molecule has 1 aromatic rings. The van der Waals surface area contributed by atoms with Crippen molar-refractivity contribution in [3.8, 4) is 0 Å². The fraction of sp³-hybridized carbons (Fsp3) is 0.300. The van der Waals surface area contributed by atoms with Crippen molar-refractivity contribution in [1.29, 1.82) is 0 Å². The Bertz CT molecular complexity index is 333. The fourth-order valence-corrected chi connectivity index (χ4v) is 1.29. The third kappa shape index (κ3) is 2.01. The van der Waals surface area contributed by atoms with E-state index in [0.717, 1.165) is 12.8 Å². The molecule has 1 aliphatic rings. The number of amides is 1. The molecule has 0 unspecified atom stereocenters. The summed E-state index contributed by atoms with van der Waals surface area (Å²) in [6.07, 6.45) is 2.17. The van der Waals surface area contributed by atoms with Crippen molar-refractivity contribution < 1.29 is 4.79 Å². The SMILES string of the molecule is O=C(NC1CC1)c1ccc[c]c1Cl. The van der Waals surface area contributed by atoms with Crippen LogP contribution < -0.4 is 5.32 Å². The van der Waals surface area contributed by atoms with Gasteiger partial charge >= 0.3 is 0 Å². The van der Waals surface area contributed by atoms with Crippen LogP contribution in [0.25, 0.3) is 0 Å². The van der Waals surface area contributed by atoms with E-state index in [9.17, 15) is 4.79 Å². The van der Waals surface area contributed by atoms with Crippen LogP contribution in [-0.2, 0) is 0 Å². The third-order valence-corrected chi connectivity index (χ3v) is 2.28. The summed E-state index contributed by atoms with van der Waals surface area (Å²) in [5.74, 6) is -0.0932. The Morgan fingerprint density at radius 1 is 1.62 bits per heavy atom. The van der Waals surface area contributed by atoms with Gasteiger partial charge in [-0.1, -0.05) is 23.7 Å². The second-order valence-corrected chi connectivity index (χ2v) is 3.52. The van der Waals surface area contributed by atoms with Gasteiger partial charge < -0.3 is 5.32 Å². The zero-order chi connectivity index (χ0) is 9.26. The molecule has 1 aromatic carbocycles. The highest BCUT2D eigenvalue weighted by Gasteiger charge is 2.24. The van der Waals surface area contributed by atoms with Crippen LogP contribution in [0.1, 0.15) is 23.2 Å². The predicted molar refractivity (Wildman–Crippen MR) is 50.8 cm³/mol. The standard InChI is InChI=1S/C10H9ClNO/c11-9-4-2-1-3-8(9)10(13)12-7-5-6-7/h1-3,7H,5-6H2,(H,12,13). The number of halogens is 1. The Kier molecular flexibility index (Phi) is 2.23. The molecular weight excluding hydrogens is 186 g/mol. The van der Waals surface area contributed by atoms with E-state index in [1.807, 2.05) is 0 Å². The van der Waals surface area contributed by atoms with E-state index >= 15 is 0 Å². The number of rotatable bonds is 2. The van der Waals surface area contributed by atoms with Gasteiger partial charge in [0.25, 0.3) is 5.91 Å².